The highest BCUT2D eigenvalue weighted by atomic mass is 16.1. The summed E-state index contributed by atoms with van der Waals surface area (Å²) >= 11 is 0. The molecule has 64 valence electrons. The summed E-state index contributed by atoms with van der Waals surface area (Å²) in [5.74, 6) is -0.353. The largest absolute Gasteiger partial charge is 0.366 e. The van der Waals surface area contributed by atoms with Gasteiger partial charge in [-0.15, -0.1) is 0 Å². The maximum atomic E-state index is 10.8. The van der Waals surface area contributed by atoms with Gasteiger partial charge in [-0.3, -0.25) is 4.79 Å². The number of benzene rings is 1. The van der Waals surface area contributed by atoms with E-state index in [-0.39, 0.29) is 5.91 Å². The molecule has 0 aromatic heterocycles. The van der Waals surface area contributed by atoms with Gasteiger partial charge in [-0.1, -0.05) is 18.6 Å². The van der Waals surface area contributed by atoms with E-state index < -0.39 is 0 Å². The maximum Gasteiger partial charge on any atom is 0.248 e. The number of nitrogens with two attached hydrogens (primary N) is 1. The molecule has 0 spiro atoms. The lowest BCUT2D eigenvalue weighted by atomic mass is 10.0. The Morgan fingerprint density at radius 2 is 2.08 bits per heavy atom. The molecule has 0 unspecified atom stereocenters. The first-order chi connectivity index (χ1) is 5.63. The molecule has 1 rings (SSSR count). The zero-order valence-corrected chi connectivity index (χ0v) is 7.42. The predicted octanol–water partition coefficient (Wildman–Crippen LogP) is 1.66. The van der Waals surface area contributed by atoms with Crippen molar-refractivity contribution in [2.24, 2.45) is 5.73 Å². The summed E-state index contributed by atoms with van der Waals surface area (Å²) in [4.78, 5) is 10.8. The first kappa shape index (κ1) is 8.78. The van der Waals surface area contributed by atoms with Crippen LogP contribution in [0.1, 0.15) is 28.4 Å². The fourth-order valence-electron chi connectivity index (χ4n) is 1.21. The molecule has 2 N–H and O–H groups in total. The van der Waals surface area contributed by atoms with E-state index in [0.29, 0.717) is 5.56 Å². The Hall–Kier alpha value is -1.31. The zero-order valence-electron chi connectivity index (χ0n) is 7.42. The van der Waals surface area contributed by atoms with Crippen molar-refractivity contribution in [3.05, 3.63) is 34.9 Å². The highest BCUT2D eigenvalue weighted by Gasteiger charge is 2.01. The van der Waals surface area contributed by atoms with Crippen LogP contribution >= 0.6 is 0 Å². The van der Waals surface area contributed by atoms with Crippen molar-refractivity contribution in [1.82, 2.24) is 0 Å². The van der Waals surface area contributed by atoms with Crippen molar-refractivity contribution < 1.29 is 4.79 Å². The van der Waals surface area contributed by atoms with Crippen LogP contribution in [0.15, 0.2) is 18.2 Å². The third-order valence-electron chi connectivity index (χ3n) is 1.83. The Morgan fingerprint density at radius 3 is 2.58 bits per heavy atom. The Kier molecular flexibility index (Phi) is 2.48. The average Bonchev–Trinajstić information content (AvgIpc) is 2.03. The molecule has 0 heterocycles. The van der Waals surface area contributed by atoms with Gasteiger partial charge in [0.15, 0.2) is 0 Å². The Bertz CT molecular complexity index is 305. The molecule has 0 bridgehead atoms. The van der Waals surface area contributed by atoms with E-state index in [1.807, 2.05) is 19.1 Å². The monoisotopic (exact) mass is 163 g/mol. The van der Waals surface area contributed by atoms with Gasteiger partial charge in [0, 0.05) is 5.56 Å². The van der Waals surface area contributed by atoms with Gasteiger partial charge in [0.1, 0.15) is 0 Å². The first-order valence-electron chi connectivity index (χ1n) is 4.04. The van der Waals surface area contributed by atoms with Crippen molar-refractivity contribution in [3.63, 3.8) is 0 Å². The second-order valence-electron chi connectivity index (χ2n) is 2.93. The second-order valence-corrected chi connectivity index (χ2v) is 2.93. The highest BCUT2D eigenvalue weighted by molar-refractivity contribution is 5.93. The normalized spacial score (nSPS) is 9.83. The van der Waals surface area contributed by atoms with Crippen LogP contribution in [0.2, 0.25) is 0 Å². The number of aryl methyl sites for hydroxylation is 2. The van der Waals surface area contributed by atoms with E-state index in [1.165, 1.54) is 0 Å². The minimum atomic E-state index is -0.353. The van der Waals surface area contributed by atoms with Gasteiger partial charge >= 0.3 is 0 Å². The van der Waals surface area contributed by atoms with Crippen LogP contribution in [-0.4, -0.2) is 5.91 Å². The van der Waals surface area contributed by atoms with Crippen molar-refractivity contribution >= 4 is 5.91 Å². The summed E-state index contributed by atoms with van der Waals surface area (Å²) in [5.41, 5.74) is 8.01. The third-order valence-corrected chi connectivity index (χ3v) is 1.83. The summed E-state index contributed by atoms with van der Waals surface area (Å²) in [6, 6.07) is 5.71. The number of carbonyl (C=O) groups is 1. The van der Waals surface area contributed by atoms with Crippen molar-refractivity contribution in [1.29, 1.82) is 0 Å². The highest BCUT2D eigenvalue weighted by Crippen LogP contribution is 2.09. The molecule has 0 aliphatic carbocycles. The lowest BCUT2D eigenvalue weighted by molar-refractivity contribution is 0.1000. The van der Waals surface area contributed by atoms with E-state index in [2.05, 4.69) is 13.0 Å². The van der Waals surface area contributed by atoms with E-state index in [0.717, 1.165) is 17.5 Å². The maximum absolute atomic E-state index is 10.8. The summed E-state index contributed by atoms with van der Waals surface area (Å²) in [6.07, 6.45) is 0.932. The first-order valence-corrected chi connectivity index (χ1v) is 4.04. The van der Waals surface area contributed by atoms with Crippen LogP contribution in [0.25, 0.3) is 0 Å². The van der Waals surface area contributed by atoms with Crippen LogP contribution in [-0.2, 0) is 6.42 Å². The molecule has 0 radical (unpaired) electrons. The SMILES string of the molecule is CCc1cc(C)cc(C(N)=O)c1. The van der Waals surface area contributed by atoms with Crippen LogP contribution in [0.4, 0.5) is 0 Å². The van der Waals surface area contributed by atoms with Crippen LogP contribution in [0.5, 0.6) is 0 Å². The Balaban J connectivity index is 3.15. The lowest BCUT2D eigenvalue weighted by Gasteiger charge is -2.02. The smallest absolute Gasteiger partial charge is 0.248 e. The van der Waals surface area contributed by atoms with Gasteiger partial charge in [0.25, 0.3) is 0 Å². The summed E-state index contributed by atoms with van der Waals surface area (Å²) < 4.78 is 0. The topological polar surface area (TPSA) is 43.1 Å². The molecule has 1 amide bonds. The predicted molar refractivity (Wildman–Crippen MR) is 49.1 cm³/mol. The Labute approximate surface area is 72.4 Å². The molecule has 0 atom stereocenters. The molecule has 12 heavy (non-hydrogen) atoms. The van der Waals surface area contributed by atoms with Crippen molar-refractivity contribution in [2.45, 2.75) is 20.3 Å². The average molecular weight is 163 g/mol. The van der Waals surface area contributed by atoms with E-state index in [4.69, 9.17) is 5.73 Å². The van der Waals surface area contributed by atoms with Gasteiger partial charge in [0.2, 0.25) is 5.91 Å². The van der Waals surface area contributed by atoms with Gasteiger partial charge < -0.3 is 5.73 Å². The molecule has 0 aliphatic heterocycles. The molecule has 1 aromatic carbocycles. The van der Waals surface area contributed by atoms with Crippen molar-refractivity contribution in [3.8, 4) is 0 Å². The summed E-state index contributed by atoms with van der Waals surface area (Å²) in [7, 11) is 0. The molecule has 0 saturated heterocycles. The number of carbonyl (C=O) groups excluding carboxylic acids is 1. The molecule has 0 fully saturated rings. The van der Waals surface area contributed by atoms with Gasteiger partial charge in [-0.05, 0) is 31.0 Å². The minimum absolute atomic E-state index is 0.353. The minimum Gasteiger partial charge on any atom is -0.366 e. The number of amides is 1. The lowest BCUT2D eigenvalue weighted by Crippen LogP contribution is -2.11. The number of hydrogen-bond donors (Lipinski definition) is 1. The van der Waals surface area contributed by atoms with Crippen LogP contribution in [0, 0.1) is 6.92 Å². The summed E-state index contributed by atoms with van der Waals surface area (Å²) in [6.45, 7) is 4.02. The summed E-state index contributed by atoms with van der Waals surface area (Å²) in [5, 5.41) is 0. The van der Waals surface area contributed by atoms with E-state index >= 15 is 0 Å². The van der Waals surface area contributed by atoms with Gasteiger partial charge in [-0.25, -0.2) is 0 Å². The molecular formula is C10H13NO. The third kappa shape index (κ3) is 1.84. The molecule has 0 saturated carbocycles. The number of rotatable bonds is 2. The quantitative estimate of drug-likeness (QED) is 0.707. The molecule has 0 aliphatic rings. The van der Waals surface area contributed by atoms with Crippen LogP contribution < -0.4 is 5.73 Å². The van der Waals surface area contributed by atoms with Gasteiger partial charge in [0.05, 0.1) is 0 Å². The van der Waals surface area contributed by atoms with E-state index in [1.54, 1.807) is 0 Å². The fourth-order valence-corrected chi connectivity index (χ4v) is 1.21. The molecule has 2 heteroatoms. The molecular weight excluding hydrogens is 150 g/mol. The fraction of sp³-hybridized carbons (Fsp3) is 0.300. The van der Waals surface area contributed by atoms with Gasteiger partial charge in [-0.2, -0.15) is 0 Å². The van der Waals surface area contributed by atoms with Crippen molar-refractivity contribution in [2.75, 3.05) is 0 Å². The molecule has 2 nitrogen and oxygen atoms in total. The Morgan fingerprint density at radius 1 is 1.42 bits per heavy atom. The number of hydrogen-bond acceptors (Lipinski definition) is 1. The number of primary amides is 1. The standard InChI is InChI=1S/C10H13NO/c1-3-8-4-7(2)5-9(6-8)10(11)12/h4-6H,3H2,1-2H3,(H2,11,12). The van der Waals surface area contributed by atoms with Crippen LogP contribution in [0.3, 0.4) is 0 Å². The zero-order chi connectivity index (χ0) is 9.14. The van der Waals surface area contributed by atoms with E-state index in [9.17, 15) is 4.79 Å². The molecule has 1 aromatic rings. The second kappa shape index (κ2) is 3.39.